The SMILES string of the molecule is CCCCCCCCCCCCCCCCCC(=O)O[C@H](COC(=O)CCCCCCCCCCCCCCCC)COP(=O)(O)OC[C@@H](O)COP(=O)(O)OC[C@@H](COC(=O)CCCCCCCCCCCCCCC)OC(=O)CCCCCCCCCCCCCCC. The Hall–Kier alpha value is -1.94. The molecule has 0 bridgehead atoms. The highest BCUT2D eigenvalue weighted by molar-refractivity contribution is 7.47. The number of hydrogen-bond donors (Lipinski definition) is 3. The van der Waals surface area contributed by atoms with Crippen LogP contribution in [0.5, 0.6) is 0 Å². The van der Waals surface area contributed by atoms with E-state index < -0.39 is 97.5 Å². The largest absolute Gasteiger partial charge is 0.472 e. The third-order valence-electron chi connectivity index (χ3n) is 17.9. The van der Waals surface area contributed by atoms with Gasteiger partial charge in [-0.2, -0.15) is 0 Å². The maximum Gasteiger partial charge on any atom is 0.472 e. The molecule has 0 aliphatic heterocycles. The molecule has 0 radical (unpaired) electrons. The van der Waals surface area contributed by atoms with E-state index in [0.29, 0.717) is 25.7 Å². The van der Waals surface area contributed by atoms with Crippen LogP contribution in [0, 0.1) is 0 Å². The highest BCUT2D eigenvalue weighted by atomic mass is 31.2. The van der Waals surface area contributed by atoms with Gasteiger partial charge in [0.1, 0.15) is 19.3 Å². The summed E-state index contributed by atoms with van der Waals surface area (Å²) in [5.74, 6) is -2.11. The molecule has 0 fully saturated rings. The van der Waals surface area contributed by atoms with E-state index in [4.69, 9.17) is 37.0 Å². The number of carbonyl (C=O) groups excluding carboxylic acids is 4. The molecule has 0 saturated heterocycles. The number of hydrogen-bond acceptors (Lipinski definition) is 15. The van der Waals surface area contributed by atoms with Crippen molar-refractivity contribution in [3.63, 3.8) is 0 Å². The Labute approximate surface area is 581 Å². The van der Waals surface area contributed by atoms with Crippen LogP contribution in [0.25, 0.3) is 0 Å². The summed E-state index contributed by atoms with van der Waals surface area (Å²) in [4.78, 5) is 72.9. The fourth-order valence-corrected chi connectivity index (χ4v) is 13.3. The van der Waals surface area contributed by atoms with E-state index in [1.54, 1.807) is 0 Å². The fraction of sp³-hybridized carbons (Fsp3) is 0.947. The van der Waals surface area contributed by atoms with Crippen molar-refractivity contribution < 1.29 is 80.2 Å². The lowest BCUT2D eigenvalue weighted by molar-refractivity contribution is -0.161. The van der Waals surface area contributed by atoms with Crippen LogP contribution in [0.1, 0.15) is 407 Å². The maximum atomic E-state index is 13.1. The van der Waals surface area contributed by atoms with Gasteiger partial charge in [-0.05, 0) is 25.7 Å². The van der Waals surface area contributed by atoms with Crippen LogP contribution in [0.2, 0.25) is 0 Å². The molecule has 5 atom stereocenters. The first-order valence-electron chi connectivity index (χ1n) is 39.8. The van der Waals surface area contributed by atoms with Crippen molar-refractivity contribution in [3.05, 3.63) is 0 Å². The van der Waals surface area contributed by atoms with Gasteiger partial charge < -0.3 is 33.8 Å². The zero-order valence-electron chi connectivity index (χ0n) is 61.6. The van der Waals surface area contributed by atoms with Crippen molar-refractivity contribution in [1.82, 2.24) is 0 Å². The number of aliphatic hydroxyl groups is 1. The van der Waals surface area contributed by atoms with Gasteiger partial charge in [-0.3, -0.25) is 37.3 Å². The van der Waals surface area contributed by atoms with E-state index >= 15 is 0 Å². The van der Waals surface area contributed by atoms with Gasteiger partial charge in [0.05, 0.1) is 26.4 Å². The Bertz CT molecular complexity index is 1810. The molecule has 19 heteroatoms. The minimum atomic E-state index is -4.96. The molecule has 0 saturated carbocycles. The summed E-state index contributed by atoms with van der Waals surface area (Å²) in [5, 5.41) is 10.6. The van der Waals surface area contributed by atoms with Gasteiger partial charge in [0.2, 0.25) is 0 Å². The van der Waals surface area contributed by atoms with Crippen LogP contribution >= 0.6 is 15.6 Å². The van der Waals surface area contributed by atoms with Crippen molar-refractivity contribution in [3.8, 4) is 0 Å². The molecule has 0 rings (SSSR count). The predicted molar refractivity (Wildman–Crippen MR) is 386 cm³/mol. The zero-order valence-corrected chi connectivity index (χ0v) is 63.4. The number of aliphatic hydroxyl groups excluding tert-OH is 1. The van der Waals surface area contributed by atoms with Crippen LogP contribution in [-0.2, 0) is 65.4 Å². The van der Waals surface area contributed by atoms with Crippen molar-refractivity contribution in [2.45, 2.75) is 425 Å². The Balaban J connectivity index is 5.26. The average molecular weight is 1400 g/mol. The van der Waals surface area contributed by atoms with Crippen LogP contribution in [0.4, 0.5) is 0 Å². The number of phosphoric acid groups is 2. The van der Waals surface area contributed by atoms with Gasteiger partial charge in [-0.25, -0.2) is 9.13 Å². The normalized spacial score (nSPS) is 13.9. The molecule has 3 N–H and O–H groups in total. The van der Waals surface area contributed by atoms with Crippen LogP contribution in [0.15, 0.2) is 0 Å². The summed E-state index contributed by atoms with van der Waals surface area (Å²) >= 11 is 0. The van der Waals surface area contributed by atoms with Crippen molar-refractivity contribution >= 4 is 39.5 Å². The Morgan fingerprint density at radius 2 is 0.421 bits per heavy atom. The lowest BCUT2D eigenvalue weighted by Crippen LogP contribution is -2.30. The summed E-state index contributed by atoms with van der Waals surface area (Å²) in [6.45, 7) is 5.01. The summed E-state index contributed by atoms with van der Waals surface area (Å²) in [7, 11) is -9.91. The highest BCUT2D eigenvalue weighted by Gasteiger charge is 2.30. The molecular weight excluding hydrogens is 1250 g/mol. The van der Waals surface area contributed by atoms with E-state index in [1.807, 2.05) is 0 Å². The second-order valence-electron chi connectivity index (χ2n) is 27.4. The second kappa shape index (κ2) is 70.5. The second-order valence-corrected chi connectivity index (χ2v) is 30.3. The van der Waals surface area contributed by atoms with Crippen LogP contribution in [0.3, 0.4) is 0 Å². The van der Waals surface area contributed by atoms with Gasteiger partial charge in [0, 0.05) is 25.7 Å². The molecule has 0 aliphatic carbocycles. The number of ether oxygens (including phenoxy) is 4. The third-order valence-corrected chi connectivity index (χ3v) is 19.8. The fourth-order valence-electron chi connectivity index (χ4n) is 11.8. The quantitative estimate of drug-likeness (QED) is 0.0222. The molecule has 0 spiro atoms. The van der Waals surface area contributed by atoms with Gasteiger partial charge in [0.15, 0.2) is 12.2 Å². The monoisotopic (exact) mass is 1400 g/mol. The first-order valence-corrected chi connectivity index (χ1v) is 42.8. The number of unbranched alkanes of at least 4 members (excludes halogenated alkanes) is 51. The van der Waals surface area contributed by atoms with Crippen LogP contribution < -0.4 is 0 Å². The predicted octanol–water partition coefficient (Wildman–Crippen LogP) is 22.6. The molecule has 0 aromatic heterocycles. The summed E-state index contributed by atoms with van der Waals surface area (Å²) in [6, 6.07) is 0. The average Bonchev–Trinajstić information content (AvgIpc) is 2.02. The third kappa shape index (κ3) is 70.3. The first kappa shape index (κ1) is 93.1. The topological polar surface area (TPSA) is 237 Å². The number of carbonyl (C=O) groups is 4. The zero-order chi connectivity index (χ0) is 69.7. The standard InChI is InChI=1S/C76H148O17P2/c1-5-9-13-17-21-25-29-33-35-39-43-47-51-55-59-63-76(81)93-72(67-87-74(79)61-57-53-49-45-41-38-34-30-26-22-18-14-10-6-2)69-91-95(84,85)89-65-70(77)64-88-94(82,83)90-68-71(92-75(80)62-58-54-50-46-42-37-32-28-24-20-16-12-8-4)66-86-73(78)60-56-52-48-44-40-36-31-27-23-19-15-11-7-3/h70-72,77H,5-69H2,1-4H3,(H,82,83)(H,84,85)/t70-,71+,72+/m0/s1. The molecule has 17 nitrogen and oxygen atoms in total. The maximum absolute atomic E-state index is 13.1. The lowest BCUT2D eigenvalue weighted by Gasteiger charge is -2.21. The molecule has 0 heterocycles. The first-order chi connectivity index (χ1) is 46.2. The molecule has 0 aromatic carbocycles. The van der Waals surface area contributed by atoms with Crippen LogP contribution in [-0.4, -0.2) is 96.7 Å². The van der Waals surface area contributed by atoms with E-state index in [1.165, 1.54) is 238 Å². The Morgan fingerprint density at radius 1 is 0.253 bits per heavy atom. The summed E-state index contributed by atoms with van der Waals surface area (Å²) in [6.07, 6.45) is 60.7. The van der Waals surface area contributed by atoms with E-state index in [9.17, 15) is 43.2 Å². The van der Waals surface area contributed by atoms with Gasteiger partial charge in [-0.1, -0.05) is 355 Å². The number of phosphoric ester groups is 2. The van der Waals surface area contributed by atoms with E-state index in [2.05, 4.69) is 27.7 Å². The number of esters is 4. The Morgan fingerprint density at radius 3 is 0.621 bits per heavy atom. The minimum Gasteiger partial charge on any atom is -0.462 e. The van der Waals surface area contributed by atoms with E-state index in [-0.39, 0.29) is 25.7 Å². The van der Waals surface area contributed by atoms with Gasteiger partial charge >= 0.3 is 39.5 Å². The molecule has 0 amide bonds. The van der Waals surface area contributed by atoms with Crippen molar-refractivity contribution in [1.29, 1.82) is 0 Å². The van der Waals surface area contributed by atoms with Crippen molar-refractivity contribution in [2.75, 3.05) is 39.6 Å². The molecule has 2 unspecified atom stereocenters. The highest BCUT2D eigenvalue weighted by Crippen LogP contribution is 2.45. The minimum absolute atomic E-state index is 0.109. The van der Waals surface area contributed by atoms with E-state index in [0.717, 1.165) is 89.9 Å². The molecule has 95 heavy (non-hydrogen) atoms. The lowest BCUT2D eigenvalue weighted by atomic mass is 10.0. The smallest absolute Gasteiger partial charge is 0.462 e. The summed E-state index contributed by atoms with van der Waals surface area (Å²) in [5.41, 5.74) is 0. The molecular formula is C76H148O17P2. The summed E-state index contributed by atoms with van der Waals surface area (Å²) < 4.78 is 68.6. The van der Waals surface area contributed by atoms with Gasteiger partial charge in [-0.15, -0.1) is 0 Å². The number of rotatable bonds is 77. The molecule has 0 aromatic rings. The van der Waals surface area contributed by atoms with Crippen molar-refractivity contribution in [2.24, 2.45) is 0 Å². The Kier molecular flexibility index (Phi) is 69.1. The molecule has 564 valence electrons. The van der Waals surface area contributed by atoms with Gasteiger partial charge in [0.25, 0.3) is 0 Å². The molecule has 0 aliphatic rings.